The summed E-state index contributed by atoms with van der Waals surface area (Å²) in [5.41, 5.74) is 0.804. The average molecular weight is 192 g/mol. The van der Waals surface area contributed by atoms with E-state index in [0.717, 1.165) is 0 Å². The number of rotatable bonds is 2. The molecule has 0 saturated carbocycles. The fraction of sp³-hybridized carbons (Fsp3) is 0.200. The highest BCUT2D eigenvalue weighted by atomic mass is 16.4. The van der Waals surface area contributed by atoms with Crippen molar-refractivity contribution in [3.8, 4) is 0 Å². The fourth-order valence-electron chi connectivity index (χ4n) is 1.26. The van der Waals surface area contributed by atoms with Crippen LogP contribution >= 0.6 is 0 Å². The third kappa shape index (κ3) is 1.59. The Bertz CT molecular complexity index is 368. The molecule has 0 aliphatic carbocycles. The van der Waals surface area contributed by atoms with Crippen molar-refractivity contribution in [1.29, 1.82) is 0 Å². The van der Waals surface area contributed by atoms with Gasteiger partial charge in [0.15, 0.2) is 0 Å². The molecule has 0 atom stereocenters. The summed E-state index contributed by atoms with van der Waals surface area (Å²) in [6.07, 6.45) is 0. The number of carbonyl (C=O) groups excluding carboxylic acids is 2. The normalized spacial score (nSPS) is 9.86. The van der Waals surface area contributed by atoms with E-state index in [-0.39, 0.29) is 11.1 Å². The van der Waals surface area contributed by atoms with Crippen molar-refractivity contribution < 1.29 is 19.8 Å². The van der Waals surface area contributed by atoms with Crippen LogP contribution in [0.3, 0.4) is 0 Å². The maximum Gasteiger partial charge on any atom is 0.0718 e. The molecule has 0 N–H and O–H groups in total. The van der Waals surface area contributed by atoms with Crippen LogP contribution in [0.15, 0.2) is 12.1 Å². The second-order valence-corrected chi connectivity index (χ2v) is 2.99. The molecule has 0 aromatic heterocycles. The van der Waals surface area contributed by atoms with Gasteiger partial charge < -0.3 is 19.8 Å². The summed E-state index contributed by atoms with van der Waals surface area (Å²) < 4.78 is 0. The van der Waals surface area contributed by atoms with Gasteiger partial charge in [-0.05, 0) is 25.0 Å². The van der Waals surface area contributed by atoms with Crippen LogP contribution in [0.4, 0.5) is 0 Å². The van der Waals surface area contributed by atoms with E-state index in [2.05, 4.69) is 0 Å². The van der Waals surface area contributed by atoms with Gasteiger partial charge in [0, 0.05) is 11.1 Å². The van der Waals surface area contributed by atoms with Crippen LogP contribution in [-0.4, -0.2) is 11.9 Å². The van der Waals surface area contributed by atoms with Gasteiger partial charge in [0.05, 0.1) is 11.9 Å². The molecular weight excluding hydrogens is 184 g/mol. The second-order valence-electron chi connectivity index (χ2n) is 2.99. The molecule has 0 aliphatic rings. The highest BCUT2D eigenvalue weighted by molar-refractivity contribution is 5.93. The van der Waals surface area contributed by atoms with E-state index in [1.807, 2.05) is 0 Å². The molecule has 1 aromatic rings. The number of carboxylic acid groups (broad SMARTS) is 2. The summed E-state index contributed by atoms with van der Waals surface area (Å²) in [4.78, 5) is 21.2. The number of hydrogen-bond acceptors (Lipinski definition) is 4. The largest absolute Gasteiger partial charge is 0.545 e. The molecule has 0 bridgehead atoms. The predicted molar refractivity (Wildman–Crippen MR) is 44.6 cm³/mol. The standard InChI is InChI=1S/C10H10O4/c1-5-6(2)8(10(13)14)4-3-7(5)9(11)12/h3-4H,1-2H3,(H,11,12)(H,13,14)/p-2. The van der Waals surface area contributed by atoms with E-state index in [4.69, 9.17) is 0 Å². The van der Waals surface area contributed by atoms with E-state index >= 15 is 0 Å². The van der Waals surface area contributed by atoms with Crippen molar-refractivity contribution in [3.63, 3.8) is 0 Å². The summed E-state index contributed by atoms with van der Waals surface area (Å²) >= 11 is 0. The van der Waals surface area contributed by atoms with Crippen LogP contribution < -0.4 is 10.2 Å². The summed E-state index contributed by atoms with van der Waals surface area (Å²) in [6, 6.07) is 2.42. The van der Waals surface area contributed by atoms with Crippen LogP contribution in [0.1, 0.15) is 31.8 Å². The predicted octanol–water partition coefficient (Wildman–Crippen LogP) is -0.970. The van der Waals surface area contributed by atoms with E-state index in [1.165, 1.54) is 26.0 Å². The van der Waals surface area contributed by atoms with Crippen molar-refractivity contribution >= 4 is 11.9 Å². The number of carbonyl (C=O) groups is 2. The van der Waals surface area contributed by atoms with Gasteiger partial charge in [-0.15, -0.1) is 0 Å². The van der Waals surface area contributed by atoms with Crippen molar-refractivity contribution in [2.45, 2.75) is 13.8 Å². The third-order valence-corrected chi connectivity index (χ3v) is 2.23. The molecule has 4 heteroatoms. The van der Waals surface area contributed by atoms with Crippen LogP contribution in [0.5, 0.6) is 0 Å². The highest BCUT2D eigenvalue weighted by Gasteiger charge is 2.07. The van der Waals surface area contributed by atoms with Crippen molar-refractivity contribution in [2.75, 3.05) is 0 Å². The summed E-state index contributed by atoms with van der Waals surface area (Å²) in [5, 5.41) is 21.2. The lowest BCUT2D eigenvalue weighted by molar-refractivity contribution is -0.256. The first kappa shape index (κ1) is 10.2. The van der Waals surface area contributed by atoms with Gasteiger partial charge >= 0.3 is 0 Å². The molecule has 0 fully saturated rings. The van der Waals surface area contributed by atoms with Gasteiger partial charge in [-0.3, -0.25) is 0 Å². The quantitative estimate of drug-likeness (QED) is 0.603. The minimum Gasteiger partial charge on any atom is -0.545 e. The molecule has 74 valence electrons. The lowest BCUT2D eigenvalue weighted by Gasteiger charge is -2.14. The van der Waals surface area contributed by atoms with Gasteiger partial charge in [0.25, 0.3) is 0 Å². The zero-order valence-electron chi connectivity index (χ0n) is 7.79. The van der Waals surface area contributed by atoms with Gasteiger partial charge in [-0.1, -0.05) is 12.1 Å². The third-order valence-electron chi connectivity index (χ3n) is 2.23. The Balaban J connectivity index is 3.41. The summed E-state index contributed by atoms with van der Waals surface area (Å²) in [7, 11) is 0. The van der Waals surface area contributed by atoms with Gasteiger partial charge in [-0.25, -0.2) is 0 Å². The van der Waals surface area contributed by atoms with Crippen LogP contribution in [0, 0.1) is 13.8 Å². The maximum absolute atomic E-state index is 10.6. The Morgan fingerprint density at radius 3 is 1.43 bits per heavy atom. The highest BCUT2D eigenvalue weighted by Crippen LogP contribution is 2.16. The lowest BCUT2D eigenvalue weighted by atomic mass is 9.98. The Morgan fingerprint density at radius 2 is 1.21 bits per heavy atom. The van der Waals surface area contributed by atoms with Crippen LogP contribution in [0.25, 0.3) is 0 Å². The summed E-state index contributed by atoms with van der Waals surface area (Å²) in [5.74, 6) is -2.62. The first-order valence-electron chi connectivity index (χ1n) is 3.98. The van der Waals surface area contributed by atoms with Gasteiger partial charge in [-0.2, -0.15) is 0 Å². The van der Waals surface area contributed by atoms with Crippen molar-refractivity contribution in [1.82, 2.24) is 0 Å². The molecule has 4 nitrogen and oxygen atoms in total. The van der Waals surface area contributed by atoms with Crippen LogP contribution in [-0.2, 0) is 0 Å². The Kier molecular flexibility index (Phi) is 2.56. The molecule has 1 rings (SSSR count). The van der Waals surface area contributed by atoms with E-state index in [0.29, 0.717) is 11.1 Å². The number of carboxylic acids is 2. The second kappa shape index (κ2) is 3.49. The molecule has 14 heavy (non-hydrogen) atoms. The molecule has 0 aliphatic heterocycles. The van der Waals surface area contributed by atoms with Gasteiger partial charge in [0.1, 0.15) is 0 Å². The smallest absolute Gasteiger partial charge is 0.0718 e. The first-order chi connectivity index (χ1) is 6.45. The number of hydrogen-bond donors (Lipinski definition) is 0. The molecule has 0 amide bonds. The maximum atomic E-state index is 10.6. The molecule has 0 heterocycles. The molecule has 0 unspecified atom stereocenters. The molecule has 0 radical (unpaired) electrons. The Labute approximate surface area is 80.8 Å². The Hall–Kier alpha value is -1.84. The molecule has 1 aromatic carbocycles. The number of benzene rings is 1. The zero-order chi connectivity index (χ0) is 10.9. The average Bonchev–Trinajstić information content (AvgIpc) is 2.08. The Morgan fingerprint density at radius 1 is 0.929 bits per heavy atom. The van der Waals surface area contributed by atoms with Gasteiger partial charge in [0.2, 0.25) is 0 Å². The molecule has 0 spiro atoms. The van der Waals surface area contributed by atoms with Crippen LogP contribution in [0.2, 0.25) is 0 Å². The van der Waals surface area contributed by atoms with E-state index in [1.54, 1.807) is 0 Å². The monoisotopic (exact) mass is 192 g/mol. The topological polar surface area (TPSA) is 80.3 Å². The van der Waals surface area contributed by atoms with E-state index in [9.17, 15) is 19.8 Å². The lowest BCUT2D eigenvalue weighted by Crippen LogP contribution is -2.26. The number of aromatic carboxylic acids is 2. The van der Waals surface area contributed by atoms with E-state index < -0.39 is 11.9 Å². The molecule has 0 saturated heterocycles. The van der Waals surface area contributed by atoms with Crippen molar-refractivity contribution in [3.05, 3.63) is 34.4 Å². The SMILES string of the molecule is Cc1c(C(=O)[O-])ccc(C(=O)[O-])c1C. The minimum atomic E-state index is -1.31. The first-order valence-corrected chi connectivity index (χ1v) is 3.98. The zero-order valence-corrected chi connectivity index (χ0v) is 7.79. The molecular formula is C10H8O4-2. The van der Waals surface area contributed by atoms with Crippen molar-refractivity contribution in [2.24, 2.45) is 0 Å². The fourth-order valence-corrected chi connectivity index (χ4v) is 1.26. The minimum absolute atomic E-state index is 0.00694. The summed E-state index contributed by atoms with van der Waals surface area (Å²) in [6.45, 7) is 3.07.